The van der Waals surface area contributed by atoms with Crippen molar-refractivity contribution in [1.82, 2.24) is 14.5 Å². The maximum absolute atomic E-state index is 14.6. The van der Waals surface area contributed by atoms with Crippen molar-refractivity contribution < 1.29 is 18.7 Å². The first-order chi connectivity index (χ1) is 19.0. The number of likely N-dealkylation sites (tertiary alicyclic amines) is 1. The van der Waals surface area contributed by atoms with Crippen LogP contribution < -0.4 is 11.1 Å². The maximum atomic E-state index is 14.6. The number of benzene rings is 2. The third kappa shape index (κ3) is 6.01. The van der Waals surface area contributed by atoms with Crippen molar-refractivity contribution in [2.45, 2.75) is 31.8 Å². The third-order valence-corrected chi connectivity index (χ3v) is 7.38. The maximum Gasteiger partial charge on any atom is 0.256 e. The van der Waals surface area contributed by atoms with E-state index in [1.54, 1.807) is 43.8 Å². The van der Waals surface area contributed by atoms with Gasteiger partial charge in [0.2, 0.25) is 0 Å². The fraction of sp³-hybridized carbons (Fsp3) is 0.300. The minimum absolute atomic E-state index is 0. The number of nitrogens with two attached hydrogens (primary N) is 1. The Kier molecular flexibility index (Phi) is 9.52. The van der Waals surface area contributed by atoms with E-state index in [0.29, 0.717) is 73.4 Å². The first-order valence-corrected chi connectivity index (χ1v) is 13.1. The van der Waals surface area contributed by atoms with Gasteiger partial charge in [-0.3, -0.25) is 14.6 Å². The quantitative estimate of drug-likeness (QED) is 0.314. The average molecular weight is 566 g/mol. The lowest BCUT2D eigenvalue weighted by atomic mass is 9.88. The minimum Gasteiger partial charge on any atom is -0.383 e. The highest BCUT2D eigenvalue weighted by atomic mass is 35.5. The molecular weight excluding hydrogens is 533 g/mol. The van der Waals surface area contributed by atoms with Gasteiger partial charge >= 0.3 is 0 Å². The molecule has 2 aromatic heterocycles. The Morgan fingerprint density at radius 1 is 1.12 bits per heavy atom. The van der Waals surface area contributed by atoms with Crippen molar-refractivity contribution in [1.29, 1.82) is 0 Å². The normalized spacial score (nSPS) is 13.7. The van der Waals surface area contributed by atoms with Gasteiger partial charge in [-0.15, -0.1) is 12.4 Å². The number of pyridine rings is 1. The number of hydrogen-bond donors (Lipinski definition) is 2. The van der Waals surface area contributed by atoms with E-state index >= 15 is 0 Å². The van der Waals surface area contributed by atoms with Crippen LogP contribution in [0.3, 0.4) is 0 Å². The third-order valence-electron chi connectivity index (χ3n) is 7.38. The van der Waals surface area contributed by atoms with E-state index in [2.05, 4.69) is 10.3 Å². The summed E-state index contributed by atoms with van der Waals surface area (Å²) >= 11 is 0. The van der Waals surface area contributed by atoms with Gasteiger partial charge in [-0.05, 0) is 60.2 Å². The van der Waals surface area contributed by atoms with Crippen molar-refractivity contribution >= 4 is 40.8 Å². The smallest absolute Gasteiger partial charge is 0.256 e. The Balaban J connectivity index is 0.00000370. The molecule has 3 heterocycles. The molecule has 210 valence electrons. The highest BCUT2D eigenvalue weighted by molar-refractivity contribution is 6.15. The molecule has 1 saturated heterocycles. The predicted molar refractivity (Wildman–Crippen MR) is 155 cm³/mol. The van der Waals surface area contributed by atoms with E-state index in [9.17, 15) is 14.0 Å². The first-order valence-electron chi connectivity index (χ1n) is 13.1. The highest BCUT2D eigenvalue weighted by Crippen LogP contribution is 2.34. The molecule has 10 heteroatoms. The summed E-state index contributed by atoms with van der Waals surface area (Å²) in [5.74, 6) is -0.599. The standard InChI is InChI=1S/C30H32FN5O3.ClH/c1-39-16-15-36-19-24(28-26(3-2-4-27(28)36)34-29(37)22-7-11-33-12-8-22)30(38)35-13-9-21(10-14-35)23-17-20(18-32)5-6-25(23)31;/h2-8,11-12,17,19,21H,9-10,13-16,18,32H2,1H3,(H,34,37);1H. The molecule has 40 heavy (non-hydrogen) atoms. The van der Waals surface area contributed by atoms with Gasteiger partial charge in [0.25, 0.3) is 11.8 Å². The average Bonchev–Trinajstić information content (AvgIpc) is 3.36. The number of halogens is 2. The molecule has 0 radical (unpaired) electrons. The second-order valence-corrected chi connectivity index (χ2v) is 9.75. The van der Waals surface area contributed by atoms with Crippen LogP contribution in [0.2, 0.25) is 0 Å². The molecule has 3 N–H and O–H groups in total. The monoisotopic (exact) mass is 565 g/mol. The SMILES string of the molecule is COCCn1cc(C(=O)N2CCC(c3cc(CN)ccc3F)CC2)c2c(NC(=O)c3ccncc3)cccc21.Cl. The number of carbonyl (C=O) groups is 2. The molecule has 0 spiro atoms. The second kappa shape index (κ2) is 13.0. The predicted octanol–water partition coefficient (Wildman–Crippen LogP) is 4.97. The van der Waals surface area contributed by atoms with Crippen molar-refractivity contribution in [3.8, 4) is 0 Å². The summed E-state index contributed by atoms with van der Waals surface area (Å²) in [6, 6.07) is 13.9. The van der Waals surface area contributed by atoms with Crippen LogP contribution in [-0.4, -0.2) is 53.1 Å². The van der Waals surface area contributed by atoms with Gasteiger partial charge < -0.3 is 25.3 Å². The molecule has 0 unspecified atom stereocenters. The zero-order chi connectivity index (χ0) is 27.4. The van der Waals surface area contributed by atoms with Crippen LogP contribution in [0.25, 0.3) is 10.9 Å². The summed E-state index contributed by atoms with van der Waals surface area (Å²) in [6.45, 7) is 2.40. The summed E-state index contributed by atoms with van der Waals surface area (Å²) < 4.78 is 21.9. The number of anilines is 1. The number of methoxy groups -OCH3 is 1. The Hall–Kier alpha value is -3.79. The van der Waals surface area contributed by atoms with Gasteiger partial charge in [0, 0.05) is 62.8 Å². The number of nitrogens with one attached hydrogen (secondary N) is 1. The number of nitrogens with zero attached hydrogens (tertiary/aromatic N) is 3. The van der Waals surface area contributed by atoms with Crippen LogP contribution in [0.5, 0.6) is 0 Å². The molecule has 1 fully saturated rings. The topological polar surface area (TPSA) is 102 Å². The number of ether oxygens (including phenoxy) is 1. The largest absolute Gasteiger partial charge is 0.383 e. The summed E-state index contributed by atoms with van der Waals surface area (Å²) in [7, 11) is 1.63. The van der Waals surface area contributed by atoms with Crippen molar-refractivity contribution in [2.24, 2.45) is 5.73 Å². The van der Waals surface area contributed by atoms with Crippen LogP contribution in [0.15, 0.2) is 67.1 Å². The highest BCUT2D eigenvalue weighted by Gasteiger charge is 2.29. The molecule has 5 rings (SSSR count). The van der Waals surface area contributed by atoms with E-state index in [-0.39, 0.29) is 36.0 Å². The second-order valence-electron chi connectivity index (χ2n) is 9.75. The number of rotatable bonds is 8. The molecule has 1 aliphatic heterocycles. The Labute approximate surface area is 238 Å². The Morgan fingerprint density at radius 2 is 1.88 bits per heavy atom. The van der Waals surface area contributed by atoms with Gasteiger partial charge in [-0.25, -0.2) is 4.39 Å². The number of fused-ring (bicyclic) bond motifs is 1. The lowest BCUT2D eigenvalue weighted by Gasteiger charge is -2.32. The van der Waals surface area contributed by atoms with E-state index in [1.165, 1.54) is 6.07 Å². The van der Waals surface area contributed by atoms with Gasteiger partial charge in [0.05, 0.1) is 23.4 Å². The molecule has 1 aliphatic rings. The van der Waals surface area contributed by atoms with E-state index in [0.717, 1.165) is 11.1 Å². The lowest BCUT2D eigenvalue weighted by Crippen LogP contribution is -2.38. The summed E-state index contributed by atoms with van der Waals surface area (Å²) in [5, 5.41) is 3.67. The van der Waals surface area contributed by atoms with Gasteiger partial charge in [-0.1, -0.05) is 18.2 Å². The van der Waals surface area contributed by atoms with E-state index in [1.807, 2.05) is 33.9 Å². The zero-order valence-electron chi connectivity index (χ0n) is 22.3. The van der Waals surface area contributed by atoms with Crippen molar-refractivity contribution in [2.75, 3.05) is 32.1 Å². The minimum atomic E-state index is -0.282. The van der Waals surface area contributed by atoms with E-state index in [4.69, 9.17) is 10.5 Å². The molecule has 0 aliphatic carbocycles. The number of piperidine rings is 1. The van der Waals surface area contributed by atoms with Gasteiger partial charge in [0.1, 0.15) is 5.82 Å². The number of amides is 2. The van der Waals surface area contributed by atoms with Gasteiger partial charge in [0.15, 0.2) is 0 Å². The fourth-order valence-corrected chi connectivity index (χ4v) is 5.29. The molecule has 4 aromatic rings. The van der Waals surface area contributed by atoms with Crippen LogP contribution in [-0.2, 0) is 17.8 Å². The fourth-order valence-electron chi connectivity index (χ4n) is 5.29. The summed E-state index contributed by atoms with van der Waals surface area (Å²) in [6.07, 6.45) is 6.28. The van der Waals surface area contributed by atoms with Crippen LogP contribution in [0.1, 0.15) is 50.6 Å². The molecular formula is C30H33ClFN5O3. The Bertz CT molecular complexity index is 1490. The zero-order valence-corrected chi connectivity index (χ0v) is 23.1. The van der Waals surface area contributed by atoms with Gasteiger partial charge in [-0.2, -0.15) is 0 Å². The van der Waals surface area contributed by atoms with E-state index < -0.39 is 0 Å². The van der Waals surface area contributed by atoms with Crippen molar-refractivity contribution in [3.63, 3.8) is 0 Å². The lowest BCUT2D eigenvalue weighted by molar-refractivity contribution is 0.0713. The molecule has 0 atom stereocenters. The number of aromatic nitrogens is 2. The van der Waals surface area contributed by atoms with Crippen LogP contribution >= 0.6 is 12.4 Å². The van der Waals surface area contributed by atoms with Crippen molar-refractivity contribution in [3.05, 3.63) is 95.2 Å². The molecule has 2 aromatic carbocycles. The Morgan fingerprint density at radius 3 is 2.58 bits per heavy atom. The summed E-state index contributed by atoms with van der Waals surface area (Å²) in [5.41, 5.74) is 9.71. The number of hydrogen-bond acceptors (Lipinski definition) is 5. The molecule has 8 nitrogen and oxygen atoms in total. The first kappa shape index (κ1) is 29.2. The van der Waals surface area contributed by atoms with Crippen LogP contribution in [0.4, 0.5) is 10.1 Å². The molecule has 0 saturated carbocycles. The summed E-state index contributed by atoms with van der Waals surface area (Å²) in [4.78, 5) is 32.6. The molecule has 0 bridgehead atoms. The van der Waals surface area contributed by atoms with Crippen LogP contribution in [0, 0.1) is 5.82 Å². The number of carbonyl (C=O) groups excluding carboxylic acids is 2. The molecule has 2 amide bonds.